The third kappa shape index (κ3) is 5.02. The molecule has 1 amide bonds. The van der Waals surface area contributed by atoms with E-state index in [4.69, 9.17) is 0 Å². The maximum absolute atomic E-state index is 12.1. The lowest BCUT2D eigenvalue weighted by atomic mass is 10.0. The molecule has 0 saturated carbocycles. The zero-order valence-electron chi connectivity index (χ0n) is 11.4. The standard InChI is InChI=1S/C12H26N4O/c1-9(2)11(8-16(3)4)15-12(17)10-7-13-5-6-14-10/h9-11,13-14H,5-8H2,1-4H3,(H,15,17). The fourth-order valence-corrected chi connectivity index (χ4v) is 1.94. The van der Waals surface area contributed by atoms with Crippen molar-refractivity contribution >= 4 is 5.91 Å². The molecular formula is C12H26N4O. The van der Waals surface area contributed by atoms with Crippen molar-refractivity contribution < 1.29 is 4.79 Å². The summed E-state index contributed by atoms with van der Waals surface area (Å²) in [4.78, 5) is 14.2. The zero-order chi connectivity index (χ0) is 12.8. The molecule has 1 aliphatic heterocycles. The van der Waals surface area contributed by atoms with Crippen molar-refractivity contribution in [1.29, 1.82) is 0 Å². The third-order valence-corrected chi connectivity index (χ3v) is 3.05. The van der Waals surface area contributed by atoms with Crippen molar-refractivity contribution in [2.75, 3.05) is 40.3 Å². The fourth-order valence-electron chi connectivity index (χ4n) is 1.94. The van der Waals surface area contributed by atoms with Crippen molar-refractivity contribution in [2.45, 2.75) is 25.9 Å². The van der Waals surface area contributed by atoms with Crippen LogP contribution in [-0.2, 0) is 4.79 Å². The van der Waals surface area contributed by atoms with Crippen LogP contribution in [0.15, 0.2) is 0 Å². The summed E-state index contributed by atoms with van der Waals surface area (Å²) in [5.41, 5.74) is 0. The fraction of sp³-hybridized carbons (Fsp3) is 0.917. The van der Waals surface area contributed by atoms with Crippen molar-refractivity contribution in [3.05, 3.63) is 0 Å². The van der Waals surface area contributed by atoms with Crippen LogP contribution in [0.1, 0.15) is 13.8 Å². The van der Waals surface area contributed by atoms with E-state index in [1.807, 2.05) is 14.1 Å². The van der Waals surface area contributed by atoms with Gasteiger partial charge in [0.25, 0.3) is 0 Å². The van der Waals surface area contributed by atoms with Gasteiger partial charge in [-0.25, -0.2) is 0 Å². The van der Waals surface area contributed by atoms with Crippen LogP contribution in [-0.4, -0.2) is 63.2 Å². The van der Waals surface area contributed by atoms with Gasteiger partial charge in [-0.1, -0.05) is 13.8 Å². The van der Waals surface area contributed by atoms with Gasteiger partial charge >= 0.3 is 0 Å². The van der Waals surface area contributed by atoms with E-state index in [9.17, 15) is 4.79 Å². The third-order valence-electron chi connectivity index (χ3n) is 3.05. The lowest BCUT2D eigenvalue weighted by Crippen LogP contribution is -2.58. The van der Waals surface area contributed by atoms with Gasteiger partial charge in [-0.3, -0.25) is 4.79 Å². The number of likely N-dealkylation sites (N-methyl/N-ethyl adjacent to an activating group) is 1. The maximum atomic E-state index is 12.1. The Bertz CT molecular complexity index is 237. The highest BCUT2D eigenvalue weighted by atomic mass is 16.2. The first-order valence-corrected chi connectivity index (χ1v) is 6.40. The molecule has 0 radical (unpaired) electrons. The Kier molecular flexibility index (Phi) is 5.88. The molecular weight excluding hydrogens is 216 g/mol. The van der Waals surface area contributed by atoms with E-state index in [1.54, 1.807) is 0 Å². The summed E-state index contributed by atoms with van der Waals surface area (Å²) in [5, 5.41) is 9.59. The number of nitrogens with zero attached hydrogens (tertiary/aromatic N) is 1. The molecule has 1 aliphatic rings. The van der Waals surface area contributed by atoms with Gasteiger partial charge in [-0.15, -0.1) is 0 Å². The van der Waals surface area contributed by atoms with Crippen LogP contribution in [0.5, 0.6) is 0 Å². The van der Waals surface area contributed by atoms with Crippen LogP contribution in [0, 0.1) is 5.92 Å². The first-order chi connectivity index (χ1) is 8.00. The Hall–Kier alpha value is -0.650. The number of nitrogens with one attached hydrogen (secondary N) is 3. The van der Waals surface area contributed by atoms with Gasteiger partial charge in [0.05, 0.1) is 6.04 Å². The molecule has 1 heterocycles. The maximum Gasteiger partial charge on any atom is 0.238 e. The predicted octanol–water partition coefficient (Wildman–Crippen LogP) is -0.750. The molecule has 5 nitrogen and oxygen atoms in total. The second kappa shape index (κ2) is 6.93. The first-order valence-electron chi connectivity index (χ1n) is 6.40. The second-order valence-electron chi connectivity index (χ2n) is 5.33. The van der Waals surface area contributed by atoms with E-state index in [0.717, 1.165) is 26.2 Å². The molecule has 2 unspecified atom stereocenters. The highest BCUT2D eigenvalue weighted by Crippen LogP contribution is 2.03. The van der Waals surface area contributed by atoms with Crippen LogP contribution in [0.2, 0.25) is 0 Å². The zero-order valence-corrected chi connectivity index (χ0v) is 11.4. The van der Waals surface area contributed by atoms with Gasteiger partial charge in [0, 0.05) is 32.2 Å². The molecule has 5 heteroatoms. The summed E-state index contributed by atoms with van der Waals surface area (Å²) in [7, 11) is 4.06. The van der Waals surface area contributed by atoms with Gasteiger partial charge in [0.2, 0.25) is 5.91 Å². The summed E-state index contributed by atoms with van der Waals surface area (Å²) in [6.45, 7) is 7.68. The number of amides is 1. The average Bonchev–Trinajstić information content (AvgIpc) is 2.28. The number of rotatable bonds is 5. The molecule has 0 bridgehead atoms. The SMILES string of the molecule is CC(C)C(CN(C)C)NC(=O)C1CNCCN1. The van der Waals surface area contributed by atoms with Crippen LogP contribution in [0.25, 0.3) is 0 Å². The summed E-state index contributed by atoms with van der Waals surface area (Å²) < 4.78 is 0. The van der Waals surface area contributed by atoms with Crippen molar-refractivity contribution in [3.8, 4) is 0 Å². The van der Waals surface area contributed by atoms with Crippen molar-refractivity contribution in [2.24, 2.45) is 5.92 Å². The number of carbonyl (C=O) groups excluding carboxylic acids is 1. The largest absolute Gasteiger partial charge is 0.350 e. The number of hydrogen-bond acceptors (Lipinski definition) is 4. The topological polar surface area (TPSA) is 56.4 Å². The molecule has 1 fully saturated rings. The predicted molar refractivity (Wildman–Crippen MR) is 70.0 cm³/mol. The van der Waals surface area contributed by atoms with E-state index in [1.165, 1.54) is 0 Å². The summed E-state index contributed by atoms with van der Waals surface area (Å²) in [6, 6.07) is 0.119. The van der Waals surface area contributed by atoms with Gasteiger partial charge < -0.3 is 20.9 Å². The number of carbonyl (C=O) groups is 1. The van der Waals surface area contributed by atoms with Gasteiger partial charge in [0.1, 0.15) is 0 Å². The van der Waals surface area contributed by atoms with Gasteiger partial charge in [-0.2, -0.15) is 0 Å². The Balaban J connectivity index is 2.44. The van der Waals surface area contributed by atoms with E-state index in [-0.39, 0.29) is 18.0 Å². The summed E-state index contributed by atoms with van der Waals surface area (Å²) >= 11 is 0. The van der Waals surface area contributed by atoms with E-state index in [2.05, 4.69) is 34.7 Å². The molecule has 100 valence electrons. The molecule has 0 spiro atoms. The molecule has 0 aromatic heterocycles. The smallest absolute Gasteiger partial charge is 0.238 e. The lowest BCUT2D eigenvalue weighted by molar-refractivity contribution is -0.124. The Morgan fingerprint density at radius 3 is 2.59 bits per heavy atom. The van der Waals surface area contributed by atoms with Crippen molar-refractivity contribution in [3.63, 3.8) is 0 Å². The van der Waals surface area contributed by atoms with E-state index >= 15 is 0 Å². The minimum Gasteiger partial charge on any atom is -0.350 e. The van der Waals surface area contributed by atoms with E-state index < -0.39 is 0 Å². The minimum atomic E-state index is -0.0906. The highest BCUT2D eigenvalue weighted by Gasteiger charge is 2.24. The second-order valence-corrected chi connectivity index (χ2v) is 5.33. The minimum absolute atomic E-state index is 0.0906. The molecule has 0 aromatic rings. The Morgan fingerprint density at radius 2 is 2.12 bits per heavy atom. The van der Waals surface area contributed by atoms with Crippen LogP contribution < -0.4 is 16.0 Å². The van der Waals surface area contributed by atoms with Crippen molar-refractivity contribution in [1.82, 2.24) is 20.9 Å². The number of hydrogen-bond donors (Lipinski definition) is 3. The molecule has 2 atom stereocenters. The molecule has 1 saturated heterocycles. The van der Waals surface area contributed by atoms with Gasteiger partial charge in [-0.05, 0) is 20.0 Å². The monoisotopic (exact) mass is 242 g/mol. The highest BCUT2D eigenvalue weighted by molar-refractivity contribution is 5.82. The average molecular weight is 242 g/mol. The quantitative estimate of drug-likeness (QED) is 0.594. The van der Waals surface area contributed by atoms with Crippen LogP contribution in [0.4, 0.5) is 0 Å². The summed E-state index contributed by atoms with van der Waals surface area (Å²) in [5.74, 6) is 0.552. The first kappa shape index (κ1) is 14.4. The Morgan fingerprint density at radius 1 is 1.41 bits per heavy atom. The van der Waals surface area contributed by atoms with Gasteiger partial charge in [0.15, 0.2) is 0 Å². The van der Waals surface area contributed by atoms with Crippen LogP contribution in [0.3, 0.4) is 0 Å². The lowest BCUT2D eigenvalue weighted by Gasteiger charge is -2.29. The Labute approximate surface area is 104 Å². The molecule has 0 aliphatic carbocycles. The molecule has 1 rings (SSSR count). The van der Waals surface area contributed by atoms with Crippen LogP contribution >= 0.6 is 0 Å². The number of piperazine rings is 1. The molecule has 3 N–H and O–H groups in total. The normalized spacial score (nSPS) is 22.8. The molecule has 17 heavy (non-hydrogen) atoms. The summed E-state index contributed by atoms with van der Waals surface area (Å²) in [6.07, 6.45) is 0. The molecule has 0 aromatic carbocycles. The van der Waals surface area contributed by atoms with E-state index in [0.29, 0.717) is 5.92 Å².